The van der Waals surface area contributed by atoms with Gasteiger partial charge in [0.1, 0.15) is 11.8 Å². The second-order valence-corrected chi connectivity index (χ2v) is 3.38. The van der Waals surface area contributed by atoms with E-state index in [0.29, 0.717) is 0 Å². The molecule has 1 rings (SSSR count). The van der Waals surface area contributed by atoms with Crippen molar-refractivity contribution in [3.63, 3.8) is 0 Å². The molecule has 0 fully saturated rings. The van der Waals surface area contributed by atoms with E-state index in [1.807, 2.05) is 6.07 Å². The molecular formula is C13H12N2O3. The van der Waals surface area contributed by atoms with Crippen LogP contribution in [0.4, 0.5) is 0 Å². The zero-order valence-corrected chi connectivity index (χ0v) is 9.84. The number of hydrogen-bond donors (Lipinski definition) is 1. The van der Waals surface area contributed by atoms with Crippen molar-refractivity contribution in [3.8, 4) is 6.07 Å². The molecule has 0 saturated heterocycles. The number of carbonyl (C=O) groups is 2. The Morgan fingerprint density at radius 1 is 1.39 bits per heavy atom. The number of nitrogens with one attached hydrogen (secondary N) is 1. The van der Waals surface area contributed by atoms with E-state index < -0.39 is 5.97 Å². The van der Waals surface area contributed by atoms with Crippen LogP contribution in [0.1, 0.15) is 12.5 Å². The van der Waals surface area contributed by atoms with Crippen molar-refractivity contribution >= 4 is 18.0 Å². The molecule has 1 aromatic carbocycles. The van der Waals surface area contributed by atoms with Crippen LogP contribution in [0.15, 0.2) is 36.0 Å². The minimum Gasteiger partial charge on any atom is -0.446 e. The van der Waals surface area contributed by atoms with E-state index in [2.05, 4.69) is 10.1 Å². The molecule has 92 valence electrons. The SMILES string of the molecule is CC(=O)N/C(=C\c1ccccc1)C(=O)OCC#N. The van der Waals surface area contributed by atoms with Gasteiger partial charge in [0.2, 0.25) is 5.91 Å². The number of rotatable bonds is 4. The summed E-state index contributed by atoms with van der Waals surface area (Å²) in [4.78, 5) is 22.6. The summed E-state index contributed by atoms with van der Waals surface area (Å²) >= 11 is 0. The fraction of sp³-hybridized carbons (Fsp3) is 0.154. The van der Waals surface area contributed by atoms with E-state index in [1.165, 1.54) is 13.0 Å². The second kappa shape index (κ2) is 6.86. The molecule has 0 heterocycles. The van der Waals surface area contributed by atoms with Gasteiger partial charge in [0.15, 0.2) is 6.61 Å². The zero-order chi connectivity index (χ0) is 13.4. The molecule has 1 aromatic rings. The van der Waals surface area contributed by atoms with E-state index in [-0.39, 0.29) is 18.2 Å². The van der Waals surface area contributed by atoms with Crippen LogP contribution < -0.4 is 5.32 Å². The summed E-state index contributed by atoms with van der Waals surface area (Å²) in [6, 6.07) is 10.7. The maximum absolute atomic E-state index is 11.6. The Labute approximate surface area is 105 Å². The van der Waals surface area contributed by atoms with Crippen LogP contribution in [0, 0.1) is 11.3 Å². The minimum atomic E-state index is -0.740. The predicted molar refractivity (Wildman–Crippen MR) is 64.8 cm³/mol. The lowest BCUT2D eigenvalue weighted by Crippen LogP contribution is -2.26. The molecule has 18 heavy (non-hydrogen) atoms. The Morgan fingerprint density at radius 3 is 2.61 bits per heavy atom. The molecule has 5 nitrogen and oxygen atoms in total. The molecule has 0 bridgehead atoms. The third-order valence-electron chi connectivity index (χ3n) is 1.91. The lowest BCUT2D eigenvalue weighted by Gasteiger charge is -2.06. The molecule has 0 unspecified atom stereocenters. The smallest absolute Gasteiger partial charge is 0.355 e. The van der Waals surface area contributed by atoms with Crippen LogP contribution in [-0.2, 0) is 14.3 Å². The van der Waals surface area contributed by atoms with Gasteiger partial charge in [-0.25, -0.2) is 4.79 Å². The van der Waals surface area contributed by atoms with Crippen LogP contribution >= 0.6 is 0 Å². The van der Waals surface area contributed by atoms with Gasteiger partial charge in [0.25, 0.3) is 0 Å². The summed E-state index contributed by atoms with van der Waals surface area (Å²) < 4.78 is 4.64. The summed E-state index contributed by atoms with van der Waals surface area (Å²) in [6.07, 6.45) is 1.49. The first kappa shape index (κ1) is 13.5. The Balaban J connectivity index is 2.91. The summed E-state index contributed by atoms with van der Waals surface area (Å²) in [5, 5.41) is 10.7. The zero-order valence-electron chi connectivity index (χ0n) is 9.84. The molecule has 5 heteroatoms. The molecular weight excluding hydrogens is 232 g/mol. The third kappa shape index (κ3) is 4.49. The van der Waals surface area contributed by atoms with Crippen molar-refractivity contribution in [1.82, 2.24) is 5.32 Å². The standard InChI is InChI=1S/C13H12N2O3/c1-10(16)15-12(13(17)18-8-7-14)9-11-5-3-2-4-6-11/h2-6,9H,8H2,1H3,(H,15,16)/b12-9-. The number of hydrogen-bond acceptors (Lipinski definition) is 4. The summed E-state index contributed by atoms with van der Waals surface area (Å²) in [6.45, 7) is 0.932. The van der Waals surface area contributed by atoms with Gasteiger partial charge in [-0.1, -0.05) is 30.3 Å². The van der Waals surface area contributed by atoms with Crippen LogP contribution in [0.2, 0.25) is 0 Å². The molecule has 0 aliphatic heterocycles. The van der Waals surface area contributed by atoms with Crippen molar-refractivity contribution in [2.24, 2.45) is 0 Å². The molecule has 0 saturated carbocycles. The normalized spacial score (nSPS) is 10.3. The van der Waals surface area contributed by atoms with Gasteiger partial charge in [-0.2, -0.15) is 5.26 Å². The van der Waals surface area contributed by atoms with E-state index >= 15 is 0 Å². The topological polar surface area (TPSA) is 79.2 Å². The van der Waals surface area contributed by atoms with Gasteiger partial charge in [0, 0.05) is 6.92 Å². The number of nitriles is 1. The highest BCUT2D eigenvalue weighted by Crippen LogP contribution is 2.06. The Morgan fingerprint density at radius 2 is 2.06 bits per heavy atom. The number of nitrogens with zero attached hydrogens (tertiary/aromatic N) is 1. The lowest BCUT2D eigenvalue weighted by atomic mass is 10.2. The Hall–Kier alpha value is -2.61. The molecule has 0 spiro atoms. The monoisotopic (exact) mass is 244 g/mol. The maximum Gasteiger partial charge on any atom is 0.355 e. The van der Waals surface area contributed by atoms with Crippen molar-refractivity contribution in [2.45, 2.75) is 6.92 Å². The number of benzene rings is 1. The van der Waals surface area contributed by atoms with Crippen molar-refractivity contribution < 1.29 is 14.3 Å². The molecule has 0 aromatic heterocycles. The van der Waals surface area contributed by atoms with Gasteiger partial charge in [-0.3, -0.25) is 4.79 Å². The fourth-order valence-electron chi connectivity index (χ4n) is 1.23. The molecule has 1 N–H and O–H groups in total. The Bertz CT molecular complexity index is 501. The number of esters is 1. The average molecular weight is 244 g/mol. The number of carbonyl (C=O) groups excluding carboxylic acids is 2. The lowest BCUT2D eigenvalue weighted by molar-refractivity contribution is -0.139. The van der Waals surface area contributed by atoms with Gasteiger partial charge >= 0.3 is 5.97 Å². The molecule has 0 aliphatic rings. The van der Waals surface area contributed by atoms with Crippen molar-refractivity contribution in [3.05, 3.63) is 41.6 Å². The van der Waals surface area contributed by atoms with Crippen LogP contribution in [0.25, 0.3) is 6.08 Å². The first-order valence-corrected chi connectivity index (χ1v) is 5.22. The molecule has 0 atom stereocenters. The largest absolute Gasteiger partial charge is 0.446 e. The average Bonchev–Trinajstić information content (AvgIpc) is 2.36. The van der Waals surface area contributed by atoms with Crippen LogP contribution in [-0.4, -0.2) is 18.5 Å². The number of amides is 1. The highest BCUT2D eigenvalue weighted by molar-refractivity contribution is 5.97. The van der Waals surface area contributed by atoms with Crippen molar-refractivity contribution in [2.75, 3.05) is 6.61 Å². The quantitative estimate of drug-likeness (QED) is 0.638. The predicted octanol–water partition coefficient (Wildman–Crippen LogP) is 1.23. The summed E-state index contributed by atoms with van der Waals surface area (Å²) in [7, 11) is 0. The van der Waals surface area contributed by atoms with Gasteiger partial charge in [-0.05, 0) is 11.6 Å². The molecule has 1 amide bonds. The van der Waals surface area contributed by atoms with Crippen LogP contribution in [0.5, 0.6) is 0 Å². The first-order valence-electron chi connectivity index (χ1n) is 5.22. The molecule has 0 radical (unpaired) electrons. The van der Waals surface area contributed by atoms with Gasteiger partial charge < -0.3 is 10.1 Å². The van der Waals surface area contributed by atoms with Gasteiger partial charge in [-0.15, -0.1) is 0 Å². The third-order valence-corrected chi connectivity index (χ3v) is 1.91. The molecule has 0 aliphatic carbocycles. The van der Waals surface area contributed by atoms with E-state index in [9.17, 15) is 9.59 Å². The van der Waals surface area contributed by atoms with Gasteiger partial charge in [0.05, 0.1) is 0 Å². The second-order valence-electron chi connectivity index (χ2n) is 3.38. The fourth-order valence-corrected chi connectivity index (χ4v) is 1.23. The summed E-state index contributed by atoms with van der Waals surface area (Å²) in [5.74, 6) is -1.12. The van der Waals surface area contributed by atoms with Crippen molar-refractivity contribution in [1.29, 1.82) is 5.26 Å². The van der Waals surface area contributed by atoms with Crippen LogP contribution in [0.3, 0.4) is 0 Å². The summed E-state index contributed by atoms with van der Waals surface area (Å²) in [5.41, 5.74) is 0.749. The Kier molecular flexibility index (Phi) is 5.13. The minimum absolute atomic E-state index is 0.00366. The maximum atomic E-state index is 11.6. The van der Waals surface area contributed by atoms with E-state index in [0.717, 1.165) is 5.56 Å². The van der Waals surface area contributed by atoms with E-state index in [4.69, 9.17) is 5.26 Å². The first-order chi connectivity index (χ1) is 8.63. The number of ether oxygens (including phenoxy) is 1. The van der Waals surface area contributed by atoms with E-state index in [1.54, 1.807) is 30.3 Å². The highest BCUT2D eigenvalue weighted by atomic mass is 16.5. The highest BCUT2D eigenvalue weighted by Gasteiger charge is 2.12.